The highest BCUT2D eigenvalue weighted by molar-refractivity contribution is 7.90. The molecule has 0 bridgehead atoms. The summed E-state index contributed by atoms with van der Waals surface area (Å²) in [5.41, 5.74) is 2.04. The number of fused-ring (bicyclic) bond motifs is 1. The summed E-state index contributed by atoms with van der Waals surface area (Å²) in [6, 6.07) is 7.88. The molecule has 1 atom stereocenters. The highest BCUT2D eigenvalue weighted by Crippen LogP contribution is 2.33. The number of aryl methyl sites for hydroxylation is 1. The molecular formula is C24H22ClFN6O3S. The first-order chi connectivity index (χ1) is 17.3. The molecule has 1 fully saturated rings. The first kappa shape index (κ1) is 24.1. The van der Waals surface area contributed by atoms with Gasteiger partial charge in [0.15, 0.2) is 23.1 Å². The third-order valence-corrected chi connectivity index (χ3v) is 7.99. The van der Waals surface area contributed by atoms with Gasteiger partial charge >= 0.3 is 0 Å². The maximum atomic E-state index is 14.6. The number of rotatable bonds is 5. The number of hydrogen-bond acceptors (Lipinski definition) is 8. The Kier molecular flexibility index (Phi) is 6.35. The Morgan fingerprint density at radius 2 is 2.00 bits per heavy atom. The summed E-state index contributed by atoms with van der Waals surface area (Å²) in [4.78, 5) is 12.8. The molecule has 1 saturated carbocycles. The Labute approximate surface area is 211 Å². The van der Waals surface area contributed by atoms with Gasteiger partial charge in [-0.15, -0.1) is 0 Å². The molecule has 0 radical (unpaired) electrons. The highest BCUT2D eigenvalue weighted by atomic mass is 35.5. The van der Waals surface area contributed by atoms with Crippen LogP contribution >= 0.6 is 11.6 Å². The first-order valence-corrected chi connectivity index (χ1v) is 13.1. The van der Waals surface area contributed by atoms with Gasteiger partial charge in [0.25, 0.3) is 10.0 Å². The monoisotopic (exact) mass is 528 g/mol. The number of oxime groups is 1. The molecule has 1 aliphatic carbocycles. The van der Waals surface area contributed by atoms with Gasteiger partial charge in [-0.05, 0) is 44.4 Å². The minimum atomic E-state index is -4.00. The van der Waals surface area contributed by atoms with Gasteiger partial charge in [-0.1, -0.05) is 34.5 Å². The van der Waals surface area contributed by atoms with Crippen LogP contribution in [0.1, 0.15) is 31.2 Å². The standard InChI is InChI=1S/C24H22ClFN6O3S/c1-14-5-7-18(8-6-14)36(34,35)32-13-20(19-9-15(25)11-28-24(19)32)22-27-12-21(26)23(30-22)29-16-3-2-4-17(10-16)31-33/h5-9,11-13,16,33H,2-4,10H2,1H3,(H,27,29,30)/b31-17+/t16-/m0/s1. The molecule has 0 aliphatic heterocycles. The molecule has 3 aromatic heterocycles. The average molecular weight is 529 g/mol. The van der Waals surface area contributed by atoms with E-state index in [4.69, 9.17) is 16.8 Å². The van der Waals surface area contributed by atoms with Crippen molar-refractivity contribution >= 4 is 44.2 Å². The fourth-order valence-electron chi connectivity index (χ4n) is 4.29. The molecular weight excluding hydrogens is 507 g/mol. The predicted octanol–water partition coefficient (Wildman–Crippen LogP) is 5.02. The van der Waals surface area contributed by atoms with Crippen LogP contribution in [0.25, 0.3) is 22.4 Å². The fourth-order valence-corrected chi connectivity index (χ4v) is 5.77. The van der Waals surface area contributed by atoms with Crippen molar-refractivity contribution in [3.05, 3.63) is 65.3 Å². The van der Waals surface area contributed by atoms with Crippen molar-refractivity contribution in [1.29, 1.82) is 0 Å². The topological polar surface area (TPSA) is 122 Å². The fraction of sp³-hybridized carbons (Fsp3) is 0.250. The van der Waals surface area contributed by atoms with E-state index in [0.717, 1.165) is 28.6 Å². The highest BCUT2D eigenvalue weighted by Gasteiger charge is 2.25. The Balaban J connectivity index is 1.60. The van der Waals surface area contributed by atoms with Crippen LogP contribution in [0.4, 0.5) is 10.2 Å². The molecule has 186 valence electrons. The first-order valence-electron chi connectivity index (χ1n) is 11.2. The van der Waals surface area contributed by atoms with E-state index in [2.05, 4.69) is 25.4 Å². The van der Waals surface area contributed by atoms with Crippen LogP contribution < -0.4 is 5.32 Å². The van der Waals surface area contributed by atoms with E-state index in [9.17, 15) is 12.8 Å². The average Bonchev–Trinajstić information content (AvgIpc) is 3.25. The zero-order valence-electron chi connectivity index (χ0n) is 19.2. The second-order valence-electron chi connectivity index (χ2n) is 8.68. The van der Waals surface area contributed by atoms with E-state index in [0.29, 0.717) is 34.5 Å². The lowest BCUT2D eigenvalue weighted by atomic mass is 9.94. The Morgan fingerprint density at radius 3 is 2.75 bits per heavy atom. The maximum Gasteiger partial charge on any atom is 0.269 e. The van der Waals surface area contributed by atoms with Crippen LogP contribution in [0.5, 0.6) is 0 Å². The molecule has 0 spiro atoms. The van der Waals surface area contributed by atoms with E-state index in [1.807, 2.05) is 6.92 Å². The van der Waals surface area contributed by atoms with Crippen molar-refractivity contribution in [2.45, 2.75) is 43.5 Å². The van der Waals surface area contributed by atoms with Gasteiger partial charge in [0.2, 0.25) is 0 Å². The number of nitrogens with zero attached hydrogens (tertiary/aromatic N) is 5. The smallest absolute Gasteiger partial charge is 0.269 e. The molecule has 4 aromatic rings. The lowest BCUT2D eigenvalue weighted by Gasteiger charge is -2.24. The van der Waals surface area contributed by atoms with Crippen molar-refractivity contribution in [1.82, 2.24) is 18.9 Å². The summed E-state index contributed by atoms with van der Waals surface area (Å²) in [6.45, 7) is 1.87. The number of halogens is 2. The van der Waals surface area contributed by atoms with Gasteiger partial charge in [0.1, 0.15) is 0 Å². The molecule has 0 saturated heterocycles. The summed E-state index contributed by atoms with van der Waals surface area (Å²) < 4.78 is 42.7. The van der Waals surface area contributed by atoms with Crippen molar-refractivity contribution in [2.75, 3.05) is 5.32 Å². The quantitative estimate of drug-likeness (QED) is 0.275. The lowest BCUT2D eigenvalue weighted by molar-refractivity contribution is 0.313. The summed E-state index contributed by atoms with van der Waals surface area (Å²) in [6.07, 6.45) is 6.46. The second-order valence-corrected chi connectivity index (χ2v) is 10.9. The normalized spacial score (nSPS) is 17.5. The molecule has 1 aromatic carbocycles. The zero-order valence-corrected chi connectivity index (χ0v) is 20.8. The number of nitrogens with one attached hydrogen (secondary N) is 1. The largest absolute Gasteiger partial charge is 0.411 e. The van der Waals surface area contributed by atoms with Gasteiger partial charge in [0, 0.05) is 35.8 Å². The van der Waals surface area contributed by atoms with E-state index in [1.54, 1.807) is 18.2 Å². The minimum absolute atomic E-state index is 0.0264. The lowest BCUT2D eigenvalue weighted by Crippen LogP contribution is -2.28. The minimum Gasteiger partial charge on any atom is -0.411 e. The van der Waals surface area contributed by atoms with E-state index in [1.165, 1.54) is 24.5 Å². The van der Waals surface area contributed by atoms with Crippen molar-refractivity contribution in [2.24, 2.45) is 5.16 Å². The number of anilines is 1. The summed E-state index contributed by atoms with van der Waals surface area (Å²) in [5, 5.41) is 16.2. The van der Waals surface area contributed by atoms with Crippen LogP contribution in [0, 0.1) is 12.7 Å². The molecule has 0 amide bonds. The van der Waals surface area contributed by atoms with E-state index in [-0.39, 0.29) is 28.2 Å². The van der Waals surface area contributed by atoms with E-state index < -0.39 is 15.8 Å². The molecule has 1 aliphatic rings. The van der Waals surface area contributed by atoms with Gasteiger partial charge in [-0.25, -0.2) is 31.7 Å². The Hall–Kier alpha value is -3.57. The molecule has 2 N–H and O–H groups in total. The predicted molar refractivity (Wildman–Crippen MR) is 135 cm³/mol. The van der Waals surface area contributed by atoms with Gasteiger partial charge < -0.3 is 10.5 Å². The maximum absolute atomic E-state index is 14.6. The van der Waals surface area contributed by atoms with Crippen LogP contribution in [0.2, 0.25) is 5.02 Å². The molecule has 0 unspecified atom stereocenters. The van der Waals surface area contributed by atoms with Crippen LogP contribution in [0.15, 0.2) is 59.0 Å². The SMILES string of the molecule is Cc1ccc(S(=O)(=O)n2cc(-c3ncc(F)c(N[C@H]4CCC/C(=N\O)C4)n3)c3cc(Cl)cnc32)cc1. The summed E-state index contributed by atoms with van der Waals surface area (Å²) in [7, 11) is -4.00. The number of aromatic nitrogens is 4. The Bertz CT molecular complexity index is 1590. The third kappa shape index (κ3) is 4.51. The van der Waals surface area contributed by atoms with Crippen molar-refractivity contribution in [3.8, 4) is 11.4 Å². The van der Waals surface area contributed by atoms with Crippen molar-refractivity contribution in [3.63, 3.8) is 0 Å². The third-order valence-electron chi connectivity index (χ3n) is 6.12. The van der Waals surface area contributed by atoms with E-state index >= 15 is 0 Å². The van der Waals surface area contributed by atoms with Gasteiger partial charge in [0.05, 0.1) is 21.8 Å². The molecule has 36 heavy (non-hydrogen) atoms. The van der Waals surface area contributed by atoms with Gasteiger partial charge in [-0.3, -0.25) is 0 Å². The number of pyridine rings is 1. The second kappa shape index (κ2) is 9.47. The molecule has 12 heteroatoms. The number of hydrogen-bond donors (Lipinski definition) is 2. The van der Waals surface area contributed by atoms with Crippen LogP contribution in [0.3, 0.4) is 0 Å². The van der Waals surface area contributed by atoms with Crippen molar-refractivity contribution < 1.29 is 18.0 Å². The molecule has 9 nitrogen and oxygen atoms in total. The molecule has 3 heterocycles. The Morgan fingerprint density at radius 1 is 1.22 bits per heavy atom. The zero-order chi connectivity index (χ0) is 25.4. The molecule has 5 rings (SSSR count). The van der Waals surface area contributed by atoms with Crippen LogP contribution in [-0.2, 0) is 10.0 Å². The van der Waals surface area contributed by atoms with Gasteiger partial charge in [-0.2, -0.15) is 0 Å². The van der Waals surface area contributed by atoms with Crippen LogP contribution in [-0.4, -0.2) is 44.3 Å². The summed E-state index contributed by atoms with van der Waals surface area (Å²) >= 11 is 6.18. The number of benzene rings is 1. The summed E-state index contributed by atoms with van der Waals surface area (Å²) in [5.74, 6) is -0.571.